The Morgan fingerprint density at radius 3 is 2.58 bits per heavy atom. The molecule has 0 amide bonds. The summed E-state index contributed by atoms with van der Waals surface area (Å²) < 4.78 is 13.2. The zero-order valence-electron chi connectivity index (χ0n) is 9.66. The SMILES string of the molecule is N#Cc1ccc(F)cc1CSc1ccc(Cl)c(Cl)c1. The third kappa shape index (κ3) is 3.63. The van der Waals surface area contributed by atoms with Crippen LogP contribution in [0.5, 0.6) is 0 Å². The van der Waals surface area contributed by atoms with Gasteiger partial charge in [0.1, 0.15) is 5.82 Å². The first-order valence-electron chi connectivity index (χ1n) is 5.36. The van der Waals surface area contributed by atoms with Crippen LogP contribution >= 0.6 is 35.0 Å². The number of halogens is 3. The van der Waals surface area contributed by atoms with Crippen LogP contribution in [0.15, 0.2) is 41.3 Å². The Kier molecular flexibility index (Phi) is 4.71. The normalized spacial score (nSPS) is 10.2. The molecule has 1 nitrogen and oxygen atoms in total. The van der Waals surface area contributed by atoms with Crippen LogP contribution in [0.4, 0.5) is 4.39 Å². The molecule has 2 aromatic carbocycles. The molecule has 0 spiro atoms. The lowest BCUT2D eigenvalue weighted by Crippen LogP contribution is -1.89. The Labute approximate surface area is 125 Å². The highest BCUT2D eigenvalue weighted by Crippen LogP contribution is 2.30. The summed E-state index contributed by atoms with van der Waals surface area (Å²) in [6, 6.07) is 11.5. The minimum atomic E-state index is -0.344. The largest absolute Gasteiger partial charge is 0.207 e. The zero-order valence-corrected chi connectivity index (χ0v) is 12.0. The van der Waals surface area contributed by atoms with Crippen molar-refractivity contribution in [1.29, 1.82) is 5.26 Å². The van der Waals surface area contributed by atoms with Gasteiger partial charge in [0.15, 0.2) is 0 Å². The Hall–Kier alpha value is -1.21. The molecule has 0 aliphatic rings. The van der Waals surface area contributed by atoms with Crippen molar-refractivity contribution in [2.75, 3.05) is 0 Å². The van der Waals surface area contributed by atoms with Gasteiger partial charge in [-0.15, -0.1) is 11.8 Å². The molecule has 0 heterocycles. The molecule has 0 aliphatic carbocycles. The Bertz CT molecular complexity index is 652. The second-order valence-corrected chi connectivity index (χ2v) is 5.64. The Morgan fingerprint density at radius 1 is 1.11 bits per heavy atom. The number of thioether (sulfide) groups is 1. The molecule has 0 saturated heterocycles. The van der Waals surface area contributed by atoms with E-state index in [9.17, 15) is 4.39 Å². The van der Waals surface area contributed by atoms with Gasteiger partial charge in [0.05, 0.1) is 21.7 Å². The summed E-state index contributed by atoms with van der Waals surface area (Å²) in [6.07, 6.45) is 0. The minimum absolute atomic E-state index is 0.344. The molecule has 2 rings (SSSR count). The minimum Gasteiger partial charge on any atom is -0.207 e. The van der Waals surface area contributed by atoms with Crippen LogP contribution in [0, 0.1) is 17.1 Å². The summed E-state index contributed by atoms with van der Waals surface area (Å²) >= 11 is 13.2. The lowest BCUT2D eigenvalue weighted by molar-refractivity contribution is 0.626. The average Bonchev–Trinajstić information content (AvgIpc) is 2.40. The predicted octanol–water partition coefficient (Wildman–Crippen LogP) is 5.30. The van der Waals surface area contributed by atoms with Crippen molar-refractivity contribution in [2.45, 2.75) is 10.6 Å². The van der Waals surface area contributed by atoms with Gasteiger partial charge in [-0.05, 0) is 42.0 Å². The molecule has 0 unspecified atom stereocenters. The van der Waals surface area contributed by atoms with E-state index >= 15 is 0 Å². The molecule has 96 valence electrons. The van der Waals surface area contributed by atoms with Crippen LogP contribution in [0.1, 0.15) is 11.1 Å². The van der Waals surface area contributed by atoms with Gasteiger partial charge in [-0.25, -0.2) is 4.39 Å². The fourth-order valence-electron chi connectivity index (χ4n) is 1.52. The van der Waals surface area contributed by atoms with Gasteiger partial charge in [0.2, 0.25) is 0 Å². The van der Waals surface area contributed by atoms with Crippen LogP contribution in [0.3, 0.4) is 0 Å². The third-order valence-corrected chi connectivity index (χ3v) is 4.25. The first-order valence-corrected chi connectivity index (χ1v) is 7.10. The molecule has 0 fully saturated rings. The number of hydrogen-bond acceptors (Lipinski definition) is 2. The predicted molar refractivity (Wildman–Crippen MR) is 77.1 cm³/mol. The standard InChI is InChI=1S/C14H8Cl2FNS/c15-13-4-3-12(6-14(13)16)19-8-10-5-11(17)2-1-9(10)7-18/h1-6H,8H2. The molecular formula is C14H8Cl2FNS. The highest BCUT2D eigenvalue weighted by atomic mass is 35.5. The van der Waals surface area contributed by atoms with Crippen LogP contribution in [0.25, 0.3) is 0 Å². The molecule has 0 atom stereocenters. The van der Waals surface area contributed by atoms with E-state index in [2.05, 4.69) is 6.07 Å². The van der Waals surface area contributed by atoms with Gasteiger partial charge in [-0.2, -0.15) is 5.26 Å². The number of nitriles is 1. The summed E-state index contributed by atoms with van der Waals surface area (Å²) in [5, 5.41) is 9.94. The molecule has 0 saturated carbocycles. The van der Waals surface area contributed by atoms with E-state index in [1.807, 2.05) is 6.07 Å². The van der Waals surface area contributed by atoms with Crippen molar-refractivity contribution in [2.24, 2.45) is 0 Å². The molecule has 0 aliphatic heterocycles. The van der Waals surface area contributed by atoms with E-state index < -0.39 is 0 Å². The van der Waals surface area contributed by atoms with Crippen molar-refractivity contribution in [3.05, 3.63) is 63.4 Å². The van der Waals surface area contributed by atoms with Crippen molar-refractivity contribution >= 4 is 35.0 Å². The lowest BCUT2D eigenvalue weighted by atomic mass is 10.1. The summed E-state index contributed by atoms with van der Waals surface area (Å²) in [4.78, 5) is 0.919. The molecule has 0 bridgehead atoms. The number of benzene rings is 2. The van der Waals surface area contributed by atoms with E-state index in [1.54, 1.807) is 12.1 Å². The van der Waals surface area contributed by atoms with Crippen LogP contribution in [-0.4, -0.2) is 0 Å². The maximum Gasteiger partial charge on any atom is 0.123 e. The Morgan fingerprint density at radius 2 is 1.89 bits per heavy atom. The summed E-state index contributed by atoms with van der Waals surface area (Å²) in [6.45, 7) is 0. The molecule has 5 heteroatoms. The molecule has 2 aromatic rings. The monoisotopic (exact) mass is 311 g/mol. The molecule has 19 heavy (non-hydrogen) atoms. The molecule has 0 aromatic heterocycles. The van der Waals surface area contributed by atoms with Gasteiger partial charge in [-0.1, -0.05) is 23.2 Å². The van der Waals surface area contributed by atoms with Gasteiger partial charge in [0.25, 0.3) is 0 Å². The maximum absolute atomic E-state index is 13.2. The van der Waals surface area contributed by atoms with Crippen LogP contribution < -0.4 is 0 Å². The van der Waals surface area contributed by atoms with Gasteiger partial charge >= 0.3 is 0 Å². The van der Waals surface area contributed by atoms with Crippen molar-refractivity contribution < 1.29 is 4.39 Å². The first kappa shape index (κ1) is 14.2. The lowest BCUT2D eigenvalue weighted by Gasteiger charge is -2.05. The van der Waals surface area contributed by atoms with E-state index in [-0.39, 0.29) is 5.82 Å². The van der Waals surface area contributed by atoms with E-state index in [1.165, 1.54) is 30.0 Å². The van der Waals surface area contributed by atoms with Crippen molar-refractivity contribution in [3.63, 3.8) is 0 Å². The quantitative estimate of drug-likeness (QED) is 0.718. The Balaban J connectivity index is 2.16. The van der Waals surface area contributed by atoms with Gasteiger partial charge < -0.3 is 0 Å². The van der Waals surface area contributed by atoms with E-state index in [4.69, 9.17) is 28.5 Å². The van der Waals surface area contributed by atoms with E-state index in [0.717, 1.165) is 4.90 Å². The highest BCUT2D eigenvalue weighted by Gasteiger charge is 2.06. The van der Waals surface area contributed by atoms with E-state index in [0.29, 0.717) is 26.9 Å². The van der Waals surface area contributed by atoms with Crippen LogP contribution in [-0.2, 0) is 5.75 Å². The second-order valence-electron chi connectivity index (χ2n) is 3.78. The fraction of sp³-hybridized carbons (Fsp3) is 0.0714. The number of nitrogens with zero attached hydrogens (tertiary/aromatic N) is 1. The summed E-state index contributed by atoms with van der Waals surface area (Å²) in [5.41, 5.74) is 1.15. The van der Waals surface area contributed by atoms with Gasteiger partial charge in [-0.3, -0.25) is 0 Å². The topological polar surface area (TPSA) is 23.8 Å². The zero-order chi connectivity index (χ0) is 13.8. The molecular weight excluding hydrogens is 304 g/mol. The highest BCUT2D eigenvalue weighted by molar-refractivity contribution is 7.98. The summed E-state index contributed by atoms with van der Waals surface area (Å²) in [7, 11) is 0. The average molecular weight is 312 g/mol. The fourth-order valence-corrected chi connectivity index (χ4v) is 2.81. The molecule has 0 N–H and O–H groups in total. The van der Waals surface area contributed by atoms with Gasteiger partial charge in [0, 0.05) is 10.6 Å². The smallest absolute Gasteiger partial charge is 0.123 e. The van der Waals surface area contributed by atoms with Crippen molar-refractivity contribution in [3.8, 4) is 6.07 Å². The molecule has 0 radical (unpaired) electrons. The number of hydrogen-bond donors (Lipinski definition) is 0. The second kappa shape index (κ2) is 6.29. The van der Waals surface area contributed by atoms with Crippen molar-refractivity contribution in [1.82, 2.24) is 0 Å². The number of rotatable bonds is 3. The third-order valence-electron chi connectivity index (χ3n) is 2.47. The first-order chi connectivity index (χ1) is 9.10. The summed E-state index contributed by atoms with van der Waals surface area (Å²) in [5.74, 6) is 0.155. The van der Waals surface area contributed by atoms with Crippen LogP contribution in [0.2, 0.25) is 10.0 Å². The maximum atomic E-state index is 13.2.